The van der Waals surface area contributed by atoms with E-state index in [0.29, 0.717) is 31.9 Å². The zero-order valence-electron chi connectivity index (χ0n) is 13.4. The van der Waals surface area contributed by atoms with Gasteiger partial charge in [-0.1, -0.05) is 34.5 Å². The van der Waals surface area contributed by atoms with E-state index in [4.69, 9.17) is 23.2 Å². The lowest BCUT2D eigenvalue weighted by Crippen LogP contribution is -2.19. The largest absolute Gasteiger partial charge is 0.320 e. The van der Waals surface area contributed by atoms with Crippen molar-refractivity contribution in [1.29, 1.82) is 0 Å². The van der Waals surface area contributed by atoms with Crippen LogP contribution in [0.15, 0.2) is 35.4 Å². The molecule has 26 heavy (non-hydrogen) atoms. The Kier molecular flexibility index (Phi) is 4.18. The van der Waals surface area contributed by atoms with Crippen molar-refractivity contribution in [2.75, 3.05) is 5.32 Å². The van der Waals surface area contributed by atoms with Gasteiger partial charge in [-0.15, -0.1) is 0 Å². The van der Waals surface area contributed by atoms with E-state index in [1.54, 1.807) is 29.8 Å². The highest BCUT2D eigenvalue weighted by Gasteiger charge is 2.13. The molecule has 4 rings (SSSR count). The minimum atomic E-state index is -0.255. The van der Waals surface area contributed by atoms with Crippen molar-refractivity contribution in [1.82, 2.24) is 19.1 Å². The normalized spacial score (nSPS) is 11.3. The van der Waals surface area contributed by atoms with Gasteiger partial charge >= 0.3 is 0 Å². The second-order valence-corrected chi connectivity index (χ2v) is 7.46. The van der Waals surface area contributed by atoms with Crippen LogP contribution in [0.1, 0.15) is 0 Å². The molecular weight excluding hydrogens is 397 g/mol. The first-order valence-electron chi connectivity index (χ1n) is 7.48. The standard InChI is InChI=1S/C16H11Cl2N5O2S/c1-22-14(25)3-2-11-15(22)19-7-23(11)6-13(24)21-16-20-10-4-8(17)9(18)5-12(10)26-16/h2-5,7H,6H2,1H3,(H,20,21,24). The molecular formula is C16H11Cl2N5O2S. The Morgan fingerprint density at radius 2 is 2.04 bits per heavy atom. The van der Waals surface area contributed by atoms with Gasteiger partial charge in [0.05, 0.1) is 32.1 Å². The lowest BCUT2D eigenvalue weighted by atomic mass is 10.3. The number of carbonyl (C=O) groups excluding carboxylic acids is 1. The Morgan fingerprint density at radius 1 is 1.27 bits per heavy atom. The molecule has 132 valence electrons. The van der Waals surface area contributed by atoms with E-state index in [2.05, 4.69) is 15.3 Å². The van der Waals surface area contributed by atoms with E-state index in [9.17, 15) is 9.59 Å². The third-order valence-electron chi connectivity index (χ3n) is 3.88. The number of carbonyl (C=O) groups is 1. The van der Waals surface area contributed by atoms with Crippen LogP contribution in [0, 0.1) is 0 Å². The number of anilines is 1. The maximum absolute atomic E-state index is 12.4. The van der Waals surface area contributed by atoms with Gasteiger partial charge in [-0.2, -0.15) is 0 Å². The quantitative estimate of drug-likeness (QED) is 0.564. The zero-order valence-corrected chi connectivity index (χ0v) is 15.7. The summed E-state index contributed by atoms with van der Waals surface area (Å²) in [6, 6.07) is 6.48. The van der Waals surface area contributed by atoms with Gasteiger partial charge < -0.3 is 9.88 Å². The molecule has 0 aliphatic carbocycles. The fourth-order valence-electron chi connectivity index (χ4n) is 2.59. The first kappa shape index (κ1) is 17.0. The van der Waals surface area contributed by atoms with Crippen molar-refractivity contribution in [2.45, 2.75) is 6.54 Å². The molecule has 0 radical (unpaired) electrons. The van der Waals surface area contributed by atoms with Gasteiger partial charge in [0, 0.05) is 13.1 Å². The molecule has 0 saturated heterocycles. The third kappa shape index (κ3) is 2.96. The predicted octanol–water partition coefficient (Wildman–Crippen LogP) is 3.29. The van der Waals surface area contributed by atoms with Gasteiger partial charge in [0.15, 0.2) is 10.8 Å². The van der Waals surface area contributed by atoms with Crippen LogP contribution in [0.4, 0.5) is 5.13 Å². The van der Waals surface area contributed by atoms with E-state index in [1.807, 2.05) is 0 Å². The van der Waals surface area contributed by atoms with E-state index < -0.39 is 0 Å². The lowest BCUT2D eigenvalue weighted by molar-refractivity contribution is -0.116. The molecule has 0 saturated carbocycles. The number of benzene rings is 1. The van der Waals surface area contributed by atoms with Gasteiger partial charge in [0.2, 0.25) is 5.91 Å². The Balaban J connectivity index is 1.58. The smallest absolute Gasteiger partial charge is 0.252 e. The topological polar surface area (TPSA) is 81.8 Å². The summed E-state index contributed by atoms with van der Waals surface area (Å²) in [4.78, 5) is 32.6. The Labute approximate surface area is 160 Å². The first-order chi connectivity index (χ1) is 12.4. The second-order valence-electron chi connectivity index (χ2n) is 5.61. The molecule has 0 unspecified atom stereocenters. The lowest BCUT2D eigenvalue weighted by Gasteiger charge is -2.04. The van der Waals surface area contributed by atoms with Crippen LogP contribution in [0.2, 0.25) is 10.0 Å². The van der Waals surface area contributed by atoms with Crippen molar-refractivity contribution in [3.63, 3.8) is 0 Å². The number of amides is 1. The summed E-state index contributed by atoms with van der Waals surface area (Å²) in [6.45, 7) is 0.0478. The van der Waals surface area contributed by atoms with E-state index in [1.165, 1.54) is 28.3 Å². The zero-order chi connectivity index (χ0) is 18.4. The Morgan fingerprint density at radius 3 is 2.85 bits per heavy atom. The van der Waals surface area contributed by atoms with Crippen LogP contribution in [-0.2, 0) is 18.4 Å². The molecule has 3 aromatic heterocycles. The first-order valence-corrected chi connectivity index (χ1v) is 9.06. The van der Waals surface area contributed by atoms with E-state index >= 15 is 0 Å². The van der Waals surface area contributed by atoms with Crippen molar-refractivity contribution in [3.05, 3.63) is 51.0 Å². The van der Waals surface area contributed by atoms with Gasteiger partial charge in [0.25, 0.3) is 5.56 Å². The summed E-state index contributed by atoms with van der Waals surface area (Å²) in [5.41, 5.74) is 1.74. The number of fused-ring (bicyclic) bond motifs is 2. The summed E-state index contributed by atoms with van der Waals surface area (Å²) in [6.07, 6.45) is 1.53. The van der Waals surface area contributed by atoms with Gasteiger partial charge in [-0.3, -0.25) is 14.2 Å². The molecule has 0 aliphatic heterocycles. The van der Waals surface area contributed by atoms with Crippen molar-refractivity contribution in [3.8, 4) is 0 Å². The monoisotopic (exact) mass is 407 g/mol. The molecule has 0 spiro atoms. The number of halogens is 2. The number of nitrogens with zero attached hydrogens (tertiary/aromatic N) is 4. The SMILES string of the molecule is Cn1c(=O)ccc2c1ncn2CC(=O)Nc1nc2cc(Cl)c(Cl)cc2s1. The molecule has 0 fully saturated rings. The Hall–Kier alpha value is -2.42. The number of hydrogen-bond donors (Lipinski definition) is 1. The van der Waals surface area contributed by atoms with Crippen LogP contribution in [0.5, 0.6) is 0 Å². The molecule has 0 atom stereocenters. The van der Waals surface area contributed by atoms with Crippen LogP contribution >= 0.6 is 34.5 Å². The van der Waals surface area contributed by atoms with E-state index in [0.717, 1.165) is 4.70 Å². The molecule has 1 amide bonds. The molecule has 10 heteroatoms. The number of nitrogens with one attached hydrogen (secondary N) is 1. The Bertz CT molecular complexity index is 1190. The van der Waals surface area contributed by atoms with Crippen LogP contribution in [0.3, 0.4) is 0 Å². The fourth-order valence-corrected chi connectivity index (χ4v) is 3.88. The van der Waals surface area contributed by atoms with Gasteiger partial charge in [-0.25, -0.2) is 9.97 Å². The highest BCUT2D eigenvalue weighted by Crippen LogP contribution is 2.32. The summed E-state index contributed by atoms with van der Waals surface area (Å²) in [5, 5.41) is 4.08. The summed E-state index contributed by atoms with van der Waals surface area (Å²) in [5.74, 6) is -0.255. The predicted molar refractivity (Wildman–Crippen MR) is 103 cm³/mol. The summed E-state index contributed by atoms with van der Waals surface area (Å²) < 4.78 is 3.94. The maximum atomic E-state index is 12.4. The molecule has 1 aromatic carbocycles. The number of aryl methyl sites for hydroxylation is 1. The summed E-state index contributed by atoms with van der Waals surface area (Å²) in [7, 11) is 1.64. The van der Waals surface area contributed by atoms with Crippen molar-refractivity contribution >= 4 is 67.0 Å². The van der Waals surface area contributed by atoms with Crippen molar-refractivity contribution < 1.29 is 4.79 Å². The third-order valence-corrected chi connectivity index (χ3v) is 5.54. The second kappa shape index (κ2) is 6.39. The minimum absolute atomic E-state index is 0.0478. The number of thiazole rings is 1. The van der Waals surface area contributed by atoms with Gasteiger partial charge in [0.1, 0.15) is 6.54 Å². The molecule has 7 nitrogen and oxygen atoms in total. The molecule has 0 bridgehead atoms. The number of imidazole rings is 1. The molecule has 4 aromatic rings. The van der Waals surface area contributed by atoms with Crippen molar-refractivity contribution in [2.24, 2.45) is 7.05 Å². The van der Waals surface area contributed by atoms with Crippen LogP contribution < -0.4 is 10.9 Å². The number of rotatable bonds is 3. The minimum Gasteiger partial charge on any atom is -0.320 e. The highest BCUT2D eigenvalue weighted by atomic mass is 35.5. The number of aromatic nitrogens is 4. The summed E-state index contributed by atoms with van der Waals surface area (Å²) >= 11 is 13.3. The molecule has 1 N–H and O–H groups in total. The highest BCUT2D eigenvalue weighted by molar-refractivity contribution is 7.22. The van der Waals surface area contributed by atoms with Crippen LogP contribution in [0.25, 0.3) is 21.4 Å². The number of pyridine rings is 1. The fraction of sp³-hybridized carbons (Fsp3) is 0.125. The molecule has 3 heterocycles. The average molecular weight is 408 g/mol. The number of hydrogen-bond acceptors (Lipinski definition) is 5. The molecule has 0 aliphatic rings. The van der Waals surface area contributed by atoms with E-state index in [-0.39, 0.29) is 18.0 Å². The van der Waals surface area contributed by atoms with Gasteiger partial charge in [-0.05, 0) is 18.2 Å². The maximum Gasteiger partial charge on any atom is 0.252 e. The van der Waals surface area contributed by atoms with Crippen LogP contribution in [-0.4, -0.2) is 25.0 Å². The average Bonchev–Trinajstić information content (AvgIpc) is 3.15.